The summed E-state index contributed by atoms with van der Waals surface area (Å²) in [5, 5.41) is 1.21. The zero-order valence-corrected chi connectivity index (χ0v) is 13.9. The first-order valence-electron chi connectivity index (χ1n) is 6.97. The molecule has 0 N–H and O–H groups in total. The van der Waals surface area contributed by atoms with Crippen LogP contribution in [0.25, 0.3) is 0 Å². The van der Waals surface area contributed by atoms with E-state index in [0.29, 0.717) is 23.3 Å². The Bertz CT molecular complexity index is 787. The van der Waals surface area contributed by atoms with Crippen molar-refractivity contribution in [2.75, 3.05) is 6.61 Å². The van der Waals surface area contributed by atoms with Crippen LogP contribution in [0.15, 0.2) is 60.7 Å². The van der Waals surface area contributed by atoms with E-state index in [4.69, 9.17) is 27.9 Å². The van der Waals surface area contributed by atoms with Crippen LogP contribution >= 0.6 is 23.2 Å². The molecule has 0 spiro atoms. The molecule has 0 aliphatic heterocycles. The van der Waals surface area contributed by atoms with E-state index in [9.17, 15) is 0 Å². The lowest BCUT2D eigenvalue weighted by atomic mass is 10.2. The van der Waals surface area contributed by atoms with Crippen LogP contribution in [0.2, 0.25) is 10.0 Å². The van der Waals surface area contributed by atoms with Crippen LogP contribution in [-0.2, 0) is 11.3 Å². The largest absolute Gasteiger partial charge is 0.364 e. The molecule has 0 saturated heterocycles. The molecule has 0 aliphatic carbocycles. The Labute approximate surface area is 146 Å². The lowest BCUT2D eigenvalue weighted by Gasteiger charge is -2.03. The number of hydrogen-bond donors (Lipinski definition) is 0. The summed E-state index contributed by atoms with van der Waals surface area (Å²) in [5.74, 6) is 11.7. The third-order valence-electron chi connectivity index (χ3n) is 2.79. The summed E-state index contributed by atoms with van der Waals surface area (Å²) in [5.41, 5.74) is 1.87. The zero-order chi connectivity index (χ0) is 16.3. The molecular weight excluding hydrogens is 327 g/mol. The fourth-order valence-corrected chi connectivity index (χ4v) is 2.14. The van der Waals surface area contributed by atoms with Crippen molar-refractivity contribution in [2.45, 2.75) is 6.61 Å². The van der Waals surface area contributed by atoms with Gasteiger partial charge < -0.3 is 4.74 Å². The number of allylic oxidation sites excluding steroid dienone is 2. The number of hydrogen-bond acceptors (Lipinski definition) is 1. The molecule has 0 heterocycles. The minimum atomic E-state index is 0.329. The highest BCUT2D eigenvalue weighted by atomic mass is 35.5. The van der Waals surface area contributed by atoms with Crippen LogP contribution < -0.4 is 0 Å². The predicted molar refractivity (Wildman–Crippen MR) is 96.4 cm³/mol. The fourth-order valence-electron chi connectivity index (χ4n) is 1.68. The summed E-state index contributed by atoms with van der Waals surface area (Å²) < 4.78 is 5.45. The van der Waals surface area contributed by atoms with E-state index in [0.717, 1.165) is 11.1 Å². The lowest BCUT2D eigenvalue weighted by molar-refractivity contribution is 0.153. The van der Waals surface area contributed by atoms with Gasteiger partial charge >= 0.3 is 0 Å². The zero-order valence-electron chi connectivity index (χ0n) is 12.4. The Hall–Kier alpha value is -2.16. The minimum absolute atomic E-state index is 0.329. The SMILES string of the molecule is Clc1ccc(COCC#C/C=C\C#Cc2ccccc2)c(Cl)c1. The molecule has 0 amide bonds. The molecule has 0 radical (unpaired) electrons. The Balaban J connectivity index is 1.72. The standard InChI is InChI=1S/C20H14Cl2O/c21-19-13-12-18(20(22)15-19)16-23-14-8-3-1-2-5-9-17-10-6-4-7-11-17/h1-2,4,6-7,10-13,15H,14,16H2/b2-1-. The Morgan fingerprint density at radius 1 is 0.957 bits per heavy atom. The molecule has 2 aromatic rings. The van der Waals surface area contributed by atoms with Crippen molar-refractivity contribution < 1.29 is 4.74 Å². The normalized spacial score (nSPS) is 9.83. The number of halogens is 2. The van der Waals surface area contributed by atoms with Gasteiger partial charge in [0, 0.05) is 15.6 Å². The number of ether oxygens (including phenoxy) is 1. The molecule has 2 aromatic carbocycles. The minimum Gasteiger partial charge on any atom is -0.364 e. The van der Waals surface area contributed by atoms with Crippen molar-refractivity contribution in [3.63, 3.8) is 0 Å². The van der Waals surface area contributed by atoms with E-state index in [1.807, 2.05) is 36.4 Å². The predicted octanol–water partition coefficient (Wildman–Crippen LogP) is 5.12. The average molecular weight is 341 g/mol. The van der Waals surface area contributed by atoms with Gasteiger partial charge in [0.25, 0.3) is 0 Å². The van der Waals surface area contributed by atoms with Crippen molar-refractivity contribution in [1.29, 1.82) is 0 Å². The van der Waals surface area contributed by atoms with E-state index in [1.165, 1.54) is 0 Å². The van der Waals surface area contributed by atoms with Crippen molar-refractivity contribution in [2.24, 2.45) is 0 Å². The van der Waals surface area contributed by atoms with E-state index >= 15 is 0 Å². The summed E-state index contributed by atoms with van der Waals surface area (Å²) in [6.07, 6.45) is 3.42. The molecule has 0 bridgehead atoms. The quantitative estimate of drug-likeness (QED) is 0.556. The molecule has 0 unspecified atom stereocenters. The first-order valence-corrected chi connectivity index (χ1v) is 7.73. The highest BCUT2D eigenvalue weighted by Gasteiger charge is 2.00. The maximum absolute atomic E-state index is 6.05. The van der Waals surface area contributed by atoms with Gasteiger partial charge in [-0.05, 0) is 42.0 Å². The van der Waals surface area contributed by atoms with Gasteiger partial charge in [-0.3, -0.25) is 0 Å². The summed E-state index contributed by atoms with van der Waals surface area (Å²) in [6, 6.07) is 15.1. The lowest BCUT2D eigenvalue weighted by Crippen LogP contribution is -1.93. The van der Waals surface area contributed by atoms with Crippen molar-refractivity contribution in [3.8, 4) is 23.7 Å². The second kappa shape index (κ2) is 9.78. The molecule has 114 valence electrons. The second-order valence-electron chi connectivity index (χ2n) is 4.52. The maximum Gasteiger partial charge on any atom is 0.108 e. The summed E-state index contributed by atoms with van der Waals surface area (Å²) >= 11 is 11.9. The molecule has 0 aliphatic rings. The Kier molecular flexibility index (Phi) is 7.31. The van der Waals surface area contributed by atoms with Crippen LogP contribution in [0.3, 0.4) is 0 Å². The number of rotatable bonds is 3. The highest BCUT2D eigenvalue weighted by molar-refractivity contribution is 6.35. The fraction of sp³-hybridized carbons (Fsp3) is 0.100. The summed E-state index contributed by atoms with van der Waals surface area (Å²) in [4.78, 5) is 0. The van der Waals surface area contributed by atoms with E-state index in [-0.39, 0.29) is 0 Å². The topological polar surface area (TPSA) is 9.23 Å². The van der Waals surface area contributed by atoms with Gasteiger partial charge in [0.05, 0.1) is 6.61 Å². The molecule has 0 fully saturated rings. The summed E-state index contributed by atoms with van der Waals surface area (Å²) in [7, 11) is 0. The molecule has 2 rings (SSSR count). The Morgan fingerprint density at radius 2 is 1.74 bits per heavy atom. The molecule has 23 heavy (non-hydrogen) atoms. The van der Waals surface area contributed by atoms with Gasteiger partial charge in [0.1, 0.15) is 6.61 Å². The second-order valence-corrected chi connectivity index (χ2v) is 5.36. The van der Waals surface area contributed by atoms with Gasteiger partial charge in [-0.25, -0.2) is 0 Å². The van der Waals surface area contributed by atoms with Crippen LogP contribution in [-0.4, -0.2) is 6.61 Å². The third-order valence-corrected chi connectivity index (χ3v) is 3.38. The van der Waals surface area contributed by atoms with Gasteiger partial charge in [0.15, 0.2) is 0 Å². The molecule has 1 nitrogen and oxygen atoms in total. The van der Waals surface area contributed by atoms with Gasteiger partial charge in [0.2, 0.25) is 0 Å². The molecule has 0 atom stereocenters. The highest BCUT2D eigenvalue weighted by Crippen LogP contribution is 2.21. The molecular formula is C20H14Cl2O. The van der Waals surface area contributed by atoms with Crippen LogP contribution in [0.5, 0.6) is 0 Å². The van der Waals surface area contributed by atoms with Crippen molar-refractivity contribution >= 4 is 23.2 Å². The van der Waals surface area contributed by atoms with E-state index in [1.54, 1.807) is 24.3 Å². The monoisotopic (exact) mass is 340 g/mol. The van der Waals surface area contributed by atoms with E-state index < -0.39 is 0 Å². The van der Waals surface area contributed by atoms with Crippen molar-refractivity contribution in [3.05, 3.63) is 81.9 Å². The van der Waals surface area contributed by atoms with Crippen LogP contribution in [0.1, 0.15) is 11.1 Å². The van der Waals surface area contributed by atoms with Crippen LogP contribution in [0, 0.1) is 23.7 Å². The van der Waals surface area contributed by atoms with Gasteiger partial charge in [-0.15, -0.1) is 0 Å². The molecule has 0 saturated carbocycles. The molecule has 3 heteroatoms. The smallest absolute Gasteiger partial charge is 0.108 e. The summed E-state index contributed by atoms with van der Waals surface area (Å²) in [6.45, 7) is 0.734. The average Bonchev–Trinajstić information content (AvgIpc) is 2.56. The first-order chi connectivity index (χ1) is 11.3. The molecule has 0 aromatic heterocycles. The Morgan fingerprint density at radius 3 is 2.52 bits per heavy atom. The third kappa shape index (κ3) is 6.64. The van der Waals surface area contributed by atoms with E-state index in [2.05, 4.69) is 23.7 Å². The number of benzene rings is 2. The maximum atomic E-state index is 6.05. The van der Waals surface area contributed by atoms with Gasteiger partial charge in [-0.1, -0.05) is 71.1 Å². The van der Waals surface area contributed by atoms with Crippen molar-refractivity contribution in [1.82, 2.24) is 0 Å². The first kappa shape index (κ1) is 17.2. The van der Waals surface area contributed by atoms with Gasteiger partial charge in [-0.2, -0.15) is 0 Å². The van der Waals surface area contributed by atoms with Crippen LogP contribution in [0.4, 0.5) is 0 Å².